The fourth-order valence-electron chi connectivity index (χ4n) is 2.84. The van der Waals surface area contributed by atoms with E-state index in [2.05, 4.69) is 36.6 Å². The van der Waals surface area contributed by atoms with Crippen LogP contribution in [-0.4, -0.2) is 5.11 Å². The van der Waals surface area contributed by atoms with Gasteiger partial charge in [-0.15, -0.1) is 11.3 Å². The van der Waals surface area contributed by atoms with Crippen LogP contribution >= 0.6 is 11.3 Å². The summed E-state index contributed by atoms with van der Waals surface area (Å²) in [6, 6.07) is 10.4. The number of hydrogen-bond donors (Lipinski definition) is 1. The Morgan fingerprint density at radius 2 is 2.06 bits per heavy atom. The maximum atomic E-state index is 11.1. The van der Waals surface area contributed by atoms with Crippen LogP contribution in [0.3, 0.4) is 0 Å². The number of thiophene rings is 1. The molecule has 2 aromatic rings. The van der Waals surface area contributed by atoms with E-state index in [1.54, 1.807) is 11.3 Å². The lowest BCUT2D eigenvalue weighted by Crippen LogP contribution is -2.31. The Balaban J connectivity index is 2.19. The molecule has 2 heteroatoms. The standard InChI is InChI=1S/C15H16OS/c1-11-8-10-17-14(11)15(16)9-4-6-12-5-2-3-7-13(12)15/h2-3,5,7-8,10,16H,4,6,9H2,1H3. The molecule has 0 amide bonds. The molecule has 1 aliphatic rings. The van der Waals surface area contributed by atoms with Crippen LogP contribution in [0.4, 0.5) is 0 Å². The van der Waals surface area contributed by atoms with Crippen LogP contribution in [0.2, 0.25) is 0 Å². The SMILES string of the molecule is Cc1ccsc1C1(O)CCCc2ccccc21. The molecule has 0 spiro atoms. The number of rotatable bonds is 1. The molecule has 88 valence electrons. The summed E-state index contributed by atoms with van der Waals surface area (Å²) in [4.78, 5) is 1.12. The predicted octanol–water partition coefficient (Wildman–Crippen LogP) is 3.63. The molecule has 1 aromatic heterocycles. The van der Waals surface area contributed by atoms with Gasteiger partial charge in [0.25, 0.3) is 0 Å². The minimum absolute atomic E-state index is 0.757. The largest absolute Gasteiger partial charge is 0.380 e. The first-order chi connectivity index (χ1) is 8.22. The van der Waals surface area contributed by atoms with Crippen LogP contribution in [-0.2, 0) is 12.0 Å². The molecule has 1 aliphatic carbocycles. The highest BCUT2D eigenvalue weighted by Crippen LogP contribution is 2.43. The molecule has 3 rings (SSSR count). The van der Waals surface area contributed by atoms with Gasteiger partial charge in [0.15, 0.2) is 0 Å². The average molecular weight is 244 g/mol. The van der Waals surface area contributed by atoms with Gasteiger partial charge in [0, 0.05) is 4.88 Å². The van der Waals surface area contributed by atoms with E-state index in [0.717, 1.165) is 29.7 Å². The van der Waals surface area contributed by atoms with Crippen LogP contribution in [0.25, 0.3) is 0 Å². The van der Waals surface area contributed by atoms with Crippen molar-refractivity contribution < 1.29 is 5.11 Å². The van der Waals surface area contributed by atoms with Crippen LogP contribution in [0.5, 0.6) is 0 Å². The van der Waals surface area contributed by atoms with Gasteiger partial charge in [-0.25, -0.2) is 0 Å². The maximum Gasteiger partial charge on any atom is 0.124 e. The molecule has 0 saturated heterocycles. The second-order valence-corrected chi connectivity index (χ2v) is 5.72. The predicted molar refractivity (Wildman–Crippen MR) is 71.4 cm³/mol. The van der Waals surface area contributed by atoms with Crippen molar-refractivity contribution in [1.29, 1.82) is 0 Å². The summed E-state index contributed by atoms with van der Waals surface area (Å²) < 4.78 is 0. The summed E-state index contributed by atoms with van der Waals surface area (Å²) in [5, 5.41) is 13.1. The highest BCUT2D eigenvalue weighted by atomic mass is 32.1. The zero-order chi connectivity index (χ0) is 11.9. The fourth-order valence-corrected chi connectivity index (χ4v) is 3.91. The molecule has 0 fully saturated rings. The molecule has 1 aromatic carbocycles. The number of fused-ring (bicyclic) bond motifs is 1. The van der Waals surface area contributed by atoms with Gasteiger partial charge in [-0.05, 0) is 54.3 Å². The Bertz CT molecular complexity index is 543. The van der Waals surface area contributed by atoms with Crippen LogP contribution in [0.15, 0.2) is 35.7 Å². The van der Waals surface area contributed by atoms with Crippen molar-refractivity contribution in [1.82, 2.24) is 0 Å². The molecule has 1 N–H and O–H groups in total. The van der Waals surface area contributed by atoms with E-state index in [1.807, 2.05) is 6.07 Å². The minimum Gasteiger partial charge on any atom is -0.380 e. The third-order valence-electron chi connectivity index (χ3n) is 3.69. The number of aryl methyl sites for hydroxylation is 2. The summed E-state index contributed by atoms with van der Waals surface area (Å²) in [6.07, 6.45) is 2.99. The van der Waals surface area contributed by atoms with Gasteiger partial charge in [-0.3, -0.25) is 0 Å². The van der Waals surface area contributed by atoms with E-state index in [1.165, 1.54) is 11.1 Å². The van der Waals surface area contributed by atoms with Crippen molar-refractivity contribution in [3.8, 4) is 0 Å². The third kappa shape index (κ3) is 1.63. The average Bonchev–Trinajstić information content (AvgIpc) is 2.77. The van der Waals surface area contributed by atoms with E-state index in [4.69, 9.17) is 0 Å². The summed E-state index contributed by atoms with van der Waals surface area (Å²) in [5.74, 6) is 0. The van der Waals surface area contributed by atoms with Crippen LogP contribution in [0.1, 0.15) is 34.4 Å². The van der Waals surface area contributed by atoms with Gasteiger partial charge >= 0.3 is 0 Å². The third-order valence-corrected chi connectivity index (χ3v) is 4.85. The monoisotopic (exact) mass is 244 g/mol. The van der Waals surface area contributed by atoms with Gasteiger partial charge in [-0.2, -0.15) is 0 Å². The van der Waals surface area contributed by atoms with E-state index >= 15 is 0 Å². The number of hydrogen-bond acceptors (Lipinski definition) is 2. The molecule has 0 aliphatic heterocycles. The molecule has 0 saturated carbocycles. The fraction of sp³-hybridized carbons (Fsp3) is 0.333. The number of aliphatic hydroxyl groups is 1. The first kappa shape index (κ1) is 11.0. The lowest BCUT2D eigenvalue weighted by atomic mass is 9.77. The smallest absolute Gasteiger partial charge is 0.124 e. The first-order valence-electron chi connectivity index (χ1n) is 6.07. The first-order valence-corrected chi connectivity index (χ1v) is 6.95. The summed E-state index contributed by atoms with van der Waals surface area (Å²) in [6.45, 7) is 2.08. The summed E-state index contributed by atoms with van der Waals surface area (Å²) in [7, 11) is 0. The van der Waals surface area contributed by atoms with Gasteiger partial charge < -0.3 is 5.11 Å². The van der Waals surface area contributed by atoms with Crippen molar-refractivity contribution in [3.63, 3.8) is 0 Å². The Labute approximate surface area is 106 Å². The minimum atomic E-state index is -0.757. The Morgan fingerprint density at radius 1 is 1.24 bits per heavy atom. The molecule has 0 radical (unpaired) electrons. The molecule has 1 heterocycles. The lowest BCUT2D eigenvalue weighted by Gasteiger charge is -2.34. The van der Waals surface area contributed by atoms with Gasteiger partial charge in [-0.1, -0.05) is 24.3 Å². The van der Waals surface area contributed by atoms with Crippen molar-refractivity contribution in [2.75, 3.05) is 0 Å². The Hall–Kier alpha value is -1.12. The summed E-state index contributed by atoms with van der Waals surface area (Å²) in [5.41, 5.74) is 2.85. The van der Waals surface area contributed by atoms with Gasteiger partial charge in [0.1, 0.15) is 5.60 Å². The zero-order valence-electron chi connectivity index (χ0n) is 9.94. The van der Waals surface area contributed by atoms with Gasteiger partial charge in [0.2, 0.25) is 0 Å². The second kappa shape index (κ2) is 3.97. The van der Waals surface area contributed by atoms with E-state index in [9.17, 15) is 5.11 Å². The normalized spacial score (nSPS) is 23.4. The highest BCUT2D eigenvalue weighted by molar-refractivity contribution is 7.10. The van der Waals surface area contributed by atoms with Crippen molar-refractivity contribution >= 4 is 11.3 Å². The van der Waals surface area contributed by atoms with E-state index < -0.39 is 5.60 Å². The zero-order valence-corrected chi connectivity index (χ0v) is 10.8. The highest BCUT2D eigenvalue weighted by Gasteiger charge is 2.37. The molecular formula is C15H16OS. The molecule has 17 heavy (non-hydrogen) atoms. The molecule has 1 nitrogen and oxygen atoms in total. The van der Waals surface area contributed by atoms with Crippen LogP contribution in [0, 0.1) is 6.92 Å². The maximum absolute atomic E-state index is 11.1. The molecule has 1 atom stereocenters. The van der Waals surface area contributed by atoms with Gasteiger partial charge in [0.05, 0.1) is 0 Å². The van der Waals surface area contributed by atoms with Crippen LogP contribution < -0.4 is 0 Å². The van der Waals surface area contributed by atoms with E-state index in [-0.39, 0.29) is 0 Å². The van der Waals surface area contributed by atoms with Crippen molar-refractivity contribution in [3.05, 3.63) is 57.3 Å². The number of benzene rings is 1. The van der Waals surface area contributed by atoms with Crippen molar-refractivity contribution in [2.24, 2.45) is 0 Å². The Morgan fingerprint density at radius 3 is 2.82 bits per heavy atom. The molecule has 0 bridgehead atoms. The topological polar surface area (TPSA) is 20.2 Å². The lowest BCUT2D eigenvalue weighted by molar-refractivity contribution is 0.0647. The van der Waals surface area contributed by atoms with Crippen molar-refractivity contribution in [2.45, 2.75) is 31.8 Å². The molecular weight excluding hydrogens is 228 g/mol. The Kier molecular flexibility index (Phi) is 2.57. The van der Waals surface area contributed by atoms with E-state index in [0.29, 0.717) is 0 Å². The quantitative estimate of drug-likeness (QED) is 0.812. The molecule has 1 unspecified atom stereocenters. The summed E-state index contributed by atoms with van der Waals surface area (Å²) >= 11 is 1.67. The second-order valence-electron chi connectivity index (χ2n) is 4.80.